The molecule has 0 unspecified atom stereocenters. The van der Waals surface area contributed by atoms with Crippen molar-refractivity contribution in [3.8, 4) is 0 Å². The predicted molar refractivity (Wildman–Crippen MR) is 77.3 cm³/mol. The van der Waals surface area contributed by atoms with Gasteiger partial charge in [0.1, 0.15) is 5.78 Å². The van der Waals surface area contributed by atoms with Crippen molar-refractivity contribution in [2.75, 3.05) is 0 Å². The first kappa shape index (κ1) is 15.2. The molecule has 1 fully saturated rings. The third kappa shape index (κ3) is 4.43. The van der Waals surface area contributed by atoms with E-state index in [1.807, 2.05) is 16.8 Å². The van der Waals surface area contributed by atoms with Crippen molar-refractivity contribution in [2.24, 2.45) is 0 Å². The molecule has 7 heteroatoms. The zero-order valence-corrected chi connectivity index (χ0v) is 12.2. The van der Waals surface area contributed by atoms with Crippen LogP contribution in [0, 0.1) is 0 Å². The minimum atomic E-state index is -1.04. The molecule has 20 heavy (non-hydrogen) atoms. The van der Waals surface area contributed by atoms with E-state index in [1.165, 1.54) is 6.92 Å². The number of Topliss-reactive ketones (excluding diaryl/α,β-unsaturated/α-hetero) is 1. The molecule has 2 heterocycles. The lowest BCUT2D eigenvalue weighted by Crippen LogP contribution is -2.53. The number of carbonyl (C=O) groups excluding carboxylic acids is 2. The fourth-order valence-corrected chi connectivity index (χ4v) is 2.99. The molecule has 5 nitrogen and oxygen atoms in total. The Balaban J connectivity index is 1.79. The van der Waals surface area contributed by atoms with Crippen LogP contribution >= 0.6 is 11.3 Å². The first-order valence-electron chi connectivity index (χ1n) is 6.68. The van der Waals surface area contributed by atoms with E-state index in [4.69, 9.17) is 4.65 Å². The minimum absolute atomic E-state index is 0.0437. The number of amides is 1. The molecule has 0 radical (unpaired) electrons. The molecular formula is C13H18BNO4S. The normalized spacial score (nSPS) is 22.6. The van der Waals surface area contributed by atoms with Gasteiger partial charge in [-0.25, -0.2) is 0 Å². The Kier molecular flexibility index (Phi) is 5.34. The van der Waals surface area contributed by atoms with Gasteiger partial charge in [-0.15, -0.1) is 0 Å². The summed E-state index contributed by atoms with van der Waals surface area (Å²) in [6.45, 7) is 1.50. The van der Waals surface area contributed by atoms with Crippen LogP contribution in [0.4, 0.5) is 0 Å². The third-order valence-electron chi connectivity index (χ3n) is 3.28. The van der Waals surface area contributed by atoms with Gasteiger partial charge >= 0.3 is 7.12 Å². The van der Waals surface area contributed by atoms with Gasteiger partial charge in [-0.2, -0.15) is 11.3 Å². The lowest BCUT2D eigenvalue weighted by atomic mass is 9.72. The Hall–Kier alpha value is -1.18. The second-order valence-corrected chi connectivity index (χ2v) is 5.89. The first-order valence-corrected chi connectivity index (χ1v) is 7.62. The highest BCUT2D eigenvalue weighted by atomic mass is 32.1. The van der Waals surface area contributed by atoms with Gasteiger partial charge in [-0.3, -0.25) is 9.59 Å². The van der Waals surface area contributed by atoms with Gasteiger partial charge in [0.2, 0.25) is 5.91 Å². The van der Waals surface area contributed by atoms with Gasteiger partial charge in [-0.1, -0.05) is 0 Å². The summed E-state index contributed by atoms with van der Waals surface area (Å²) < 4.78 is 5.37. The van der Waals surface area contributed by atoms with Crippen LogP contribution in [0.5, 0.6) is 0 Å². The van der Waals surface area contributed by atoms with Crippen molar-refractivity contribution in [1.29, 1.82) is 0 Å². The van der Waals surface area contributed by atoms with Gasteiger partial charge in [0.25, 0.3) is 0 Å². The molecule has 1 aliphatic heterocycles. The van der Waals surface area contributed by atoms with E-state index in [2.05, 4.69) is 5.32 Å². The molecule has 1 aromatic rings. The van der Waals surface area contributed by atoms with Gasteiger partial charge in [0.05, 0.1) is 12.4 Å². The second-order valence-electron chi connectivity index (χ2n) is 5.11. The van der Waals surface area contributed by atoms with Crippen LogP contribution in [0.3, 0.4) is 0 Å². The van der Waals surface area contributed by atoms with Crippen LogP contribution in [0.25, 0.3) is 0 Å². The average molecular weight is 295 g/mol. The van der Waals surface area contributed by atoms with Crippen LogP contribution < -0.4 is 5.32 Å². The van der Waals surface area contributed by atoms with E-state index < -0.39 is 13.1 Å². The van der Waals surface area contributed by atoms with Gasteiger partial charge in [0.15, 0.2) is 0 Å². The SMILES string of the molecule is CC(=O)C[C@@H]1CC[C@H](NC(=O)Cc2ccsc2)B(O)O1. The molecule has 0 spiro atoms. The molecule has 1 amide bonds. The topological polar surface area (TPSA) is 75.6 Å². The van der Waals surface area contributed by atoms with Gasteiger partial charge < -0.3 is 15.0 Å². The Morgan fingerprint density at radius 3 is 2.95 bits per heavy atom. The van der Waals surface area contributed by atoms with E-state index in [0.29, 0.717) is 25.7 Å². The monoisotopic (exact) mass is 295 g/mol. The zero-order chi connectivity index (χ0) is 14.5. The van der Waals surface area contributed by atoms with E-state index in [0.717, 1.165) is 5.56 Å². The molecule has 0 bridgehead atoms. The van der Waals surface area contributed by atoms with Crippen molar-refractivity contribution < 1.29 is 19.3 Å². The molecule has 2 atom stereocenters. The quantitative estimate of drug-likeness (QED) is 0.793. The highest BCUT2D eigenvalue weighted by Gasteiger charge is 2.36. The summed E-state index contributed by atoms with van der Waals surface area (Å²) in [5, 5.41) is 16.5. The van der Waals surface area contributed by atoms with E-state index >= 15 is 0 Å². The fourth-order valence-electron chi connectivity index (χ4n) is 2.32. The number of hydrogen-bond acceptors (Lipinski definition) is 5. The third-order valence-corrected chi connectivity index (χ3v) is 4.01. The summed E-state index contributed by atoms with van der Waals surface area (Å²) in [6, 6.07) is 1.90. The minimum Gasteiger partial charge on any atom is -0.426 e. The summed E-state index contributed by atoms with van der Waals surface area (Å²) in [6.07, 6.45) is 1.66. The molecule has 0 aliphatic carbocycles. The molecule has 1 saturated heterocycles. The Bertz CT molecular complexity index is 465. The zero-order valence-electron chi connectivity index (χ0n) is 11.4. The van der Waals surface area contributed by atoms with Crippen LogP contribution in [0.2, 0.25) is 0 Å². The van der Waals surface area contributed by atoms with Crippen LogP contribution in [-0.4, -0.2) is 35.9 Å². The lowest BCUT2D eigenvalue weighted by molar-refractivity contribution is -0.122. The van der Waals surface area contributed by atoms with E-state index in [-0.39, 0.29) is 17.8 Å². The maximum Gasteiger partial charge on any atom is 0.478 e. The standard InChI is InChI=1S/C13H18BNO4S/c1-9(16)6-11-2-3-12(14(18)19-11)15-13(17)7-10-4-5-20-8-10/h4-5,8,11-12,18H,2-3,6-7H2,1H3,(H,15,17)/t11-,12-/m0/s1. The highest BCUT2D eigenvalue weighted by Crippen LogP contribution is 2.19. The Morgan fingerprint density at radius 2 is 2.35 bits per heavy atom. The molecule has 108 valence electrons. The number of nitrogens with one attached hydrogen (secondary N) is 1. The smallest absolute Gasteiger partial charge is 0.426 e. The molecule has 1 aromatic heterocycles. The predicted octanol–water partition coefficient (Wildman–Crippen LogP) is 0.953. The van der Waals surface area contributed by atoms with Crippen molar-refractivity contribution in [2.45, 2.75) is 44.7 Å². The molecule has 0 aromatic carbocycles. The largest absolute Gasteiger partial charge is 0.478 e. The number of carbonyl (C=O) groups is 2. The molecule has 0 saturated carbocycles. The van der Waals surface area contributed by atoms with Crippen LogP contribution in [0.1, 0.15) is 31.7 Å². The number of hydrogen-bond donors (Lipinski definition) is 2. The van der Waals surface area contributed by atoms with Crippen molar-refractivity contribution in [3.05, 3.63) is 22.4 Å². The summed E-state index contributed by atoms with van der Waals surface area (Å²) >= 11 is 1.55. The van der Waals surface area contributed by atoms with Crippen LogP contribution in [-0.2, 0) is 20.7 Å². The van der Waals surface area contributed by atoms with E-state index in [9.17, 15) is 14.6 Å². The van der Waals surface area contributed by atoms with Crippen molar-refractivity contribution in [3.63, 3.8) is 0 Å². The number of rotatable bonds is 5. The van der Waals surface area contributed by atoms with E-state index in [1.54, 1.807) is 11.3 Å². The maximum absolute atomic E-state index is 11.9. The first-order chi connectivity index (χ1) is 9.54. The fraction of sp³-hybridized carbons (Fsp3) is 0.538. The number of thiophene rings is 1. The van der Waals surface area contributed by atoms with Gasteiger partial charge in [0, 0.05) is 12.5 Å². The van der Waals surface area contributed by atoms with Gasteiger partial charge in [-0.05, 0) is 42.2 Å². The van der Waals surface area contributed by atoms with Crippen LogP contribution in [0.15, 0.2) is 16.8 Å². The molecule has 1 aliphatic rings. The van der Waals surface area contributed by atoms with Crippen molar-refractivity contribution in [1.82, 2.24) is 5.32 Å². The summed E-state index contributed by atoms with van der Waals surface area (Å²) in [7, 11) is -1.04. The number of ketones is 1. The summed E-state index contributed by atoms with van der Waals surface area (Å²) in [5.41, 5.74) is 0.966. The molecule has 2 rings (SSSR count). The van der Waals surface area contributed by atoms with Crippen molar-refractivity contribution >= 4 is 30.1 Å². The average Bonchev–Trinajstić information content (AvgIpc) is 2.84. The summed E-state index contributed by atoms with van der Waals surface area (Å²) in [4.78, 5) is 22.9. The lowest BCUT2D eigenvalue weighted by Gasteiger charge is -2.31. The summed E-state index contributed by atoms with van der Waals surface area (Å²) in [5.74, 6) is -0.479. The maximum atomic E-state index is 11.9. The highest BCUT2D eigenvalue weighted by molar-refractivity contribution is 7.08. The molecule has 2 N–H and O–H groups in total. The Morgan fingerprint density at radius 1 is 1.55 bits per heavy atom. The molecular weight excluding hydrogens is 277 g/mol. The second kappa shape index (κ2) is 7.01. The Labute approximate surface area is 122 Å².